The van der Waals surface area contributed by atoms with Gasteiger partial charge in [0.05, 0.1) is 34.5 Å². The molecular formula is C47H46N8O3S2. The Balaban J connectivity index is 1.00. The van der Waals surface area contributed by atoms with Crippen LogP contribution in [0, 0.1) is 0 Å². The molecule has 0 radical (unpaired) electrons. The molecule has 11 nitrogen and oxygen atoms in total. The van der Waals surface area contributed by atoms with E-state index in [1.807, 2.05) is 97.1 Å². The Morgan fingerprint density at radius 1 is 0.600 bits per heavy atom. The molecule has 2 aliphatic heterocycles. The number of hydrogen-bond acceptors (Lipinski definition) is 11. The number of hydrogen-bond donors (Lipinski definition) is 2. The highest BCUT2D eigenvalue weighted by Crippen LogP contribution is 2.40. The van der Waals surface area contributed by atoms with E-state index in [4.69, 9.17) is 19.4 Å². The molecule has 0 spiro atoms. The number of ketones is 1. The number of benzene rings is 4. The fraction of sp³-hybridized carbons (Fsp3) is 0.298. The number of H-pyrrole nitrogens is 2. The van der Waals surface area contributed by atoms with Gasteiger partial charge >= 0.3 is 0 Å². The van der Waals surface area contributed by atoms with Gasteiger partial charge in [0.2, 0.25) is 0 Å². The zero-order chi connectivity index (χ0) is 40.3. The number of carbonyl (C=O) groups is 1. The Kier molecular flexibility index (Phi) is 11.2. The molecule has 304 valence electrons. The molecule has 4 aromatic heterocycles. The molecule has 2 aliphatic rings. The Labute approximate surface area is 356 Å². The summed E-state index contributed by atoms with van der Waals surface area (Å²) in [6, 6.07) is 34.6. The summed E-state index contributed by atoms with van der Waals surface area (Å²) in [5.74, 6) is 1.56. The van der Waals surface area contributed by atoms with Crippen molar-refractivity contribution < 1.29 is 14.3 Å². The number of piperidine rings is 2. The third-order valence-electron chi connectivity index (χ3n) is 11.9. The lowest BCUT2D eigenvalue weighted by Crippen LogP contribution is -2.58. The first-order valence-corrected chi connectivity index (χ1v) is 22.6. The number of ether oxygens (including phenoxy) is 2. The van der Waals surface area contributed by atoms with Crippen LogP contribution in [0.2, 0.25) is 0 Å². The highest BCUT2D eigenvalue weighted by molar-refractivity contribution is 7.13. The molecule has 2 saturated heterocycles. The first kappa shape index (κ1) is 38.5. The van der Waals surface area contributed by atoms with Crippen LogP contribution in [0.4, 0.5) is 0 Å². The molecule has 0 saturated carbocycles. The summed E-state index contributed by atoms with van der Waals surface area (Å²) in [5.41, 5.74) is 5.60. The SMILES string of the molecule is O=C(C(COc1ccccc1)N1CCCC[C@@H]1c1csc(-c2n[nH]c3ccccc23)n1)C(COc1ccccc1)N1CCCC[C@@H]1c1csc(-c2n[nH]c3ccccc23)n1. The van der Waals surface area contributed by atoms with E-state index >= 15 is 4.79 Å². The van der Waals surface area contributed by atoms with Crippen molar-refractivity contribution in [3.8, 4) is 32.9 Å². The summed E-state index contributed by atoms with van der Waals surface area (Å²) < 4.78 is 13.1. The van der Waals surface area contributed by atoms with Crippen LogP contribution in [0.25, 0.3) is 43.2 Å². The van der Waals surface area contributed by atoms with E-state index in [-0.39, 0.29) is 31.1 Å². The molecule has 2 N–H and O–H groups in total. The molecule has 8 aromatic rings. The molecule has 60 heavy (non-hydrogen) atoms. The Hall–Kier alpha value is -5.73. The fourth-order valence-electron chi connectivity index (χ4n) is 8.93. The van der Waals surface area contributed by atoms with E-state index in [9.17, 15) is 0 Å². The zero-order valence-corrected chi connectivity index (χ0v) is 34.8. The van der Waals surface area contributed by atoms with Gasteiger partial charge in [-0.15, -0.1) is 22.7 Å². The van der Waals surface area contributed by atoms with E-state index < -0.39 is 12.1 Å². The highest BCUT2D eigenvalue weighted by atomic mass is 32.1. The van der Waals surface area contributed by atoms with Gasteiger partial charge in [-0.3, -0.25) is 24.8 Å². The second-order valence-corrected chi connectivity index (χ2v) is 17.3. The van der Waals surface area contributed by atoms with Crippen LogP contribution in [-0.2, 0) is 4.79 Å². The Morgan fingerprint density at radius 2 is 1.03 bits per heavy atom. The summed E-state index contributed by atoms with van der Waals surface area (Å²) >= 11 is 3.21. The number of thiazole rings is 2. The number of nitrogens with one attached hydrogen (secondary N) is 2. The van der Waals surface area contributed by atoms with Gasteiger partial charge in [-0.25, -0.2) is 9.97 Å². The average molecular weight is 835 g/mol. The van der Waals surface area contributed by atoms with Gasteiger partial charge in [-0.05, 0) is 75.2 Å². The number of fused-ring (bicyclic) bond motifs is 2. The number of aromatic amines is 2. The van der Waals surface area contributed by atoms with Gasteiger partial charge in [-0.1, -0.05) is 85.6 Å². The smallest absolute Gasteiger partial charge is 0.174 e. The van der Waals surface area contributed by atoms with Crippen LogP contribution in [0.15, 0.2) is 120 Å². The highest BCUT2D eigenvalue weighted by Gasteiger charge is 2.43. The van der Waals surface area contributed by atoms with Crippen molar-refractivity contribution in [1.82, 2.24) is 40.2 Å². The van der Waals surface area contributed by atoms with Crippen molar-refractivity contribution in [2.75, 3.05) is 26.3 Å². The van der Waals surface area contributed by atoms with Gasteiger partial charge in [0, 0.05) is 21.5 Å². The maximum absolute atomic E-state index is 15.8. The lowest BCUT2D eigenvalue weighted by Gasteiger charge is -2.44. The van der Waals surface area contributed by atoms with Crippen molar-refractivity contribution in [3.05, 3.63) is 131 Å². The summed E-state index contributed by atoms with van der Waals surface area (Å²) in [6.45, 7) is 1.90. The van der Waals surface area contributed by atoms with Gasteiger partial charge in [0.25, 0.3) is 0 Å². The summed E-state index contributed by atoms with van der Waals surface area (Å²) in [7, 11) is 0. The molecule has 6 heterocycles. The fourth-order valence-corrected chi connectivity index (χ4v) is 10.7. The molecular weight excluding hydrogens is 789 g/mol. The zero-order valence-electron chi connectivity index (χ0n) is 33.2. The van der Waals surface area contributed by atoms with Crippen molar-refractivity contribution in [2.24, 2.45) is 0 Å². The second-order valence-electron chi connectivity index (χ2n) is 15.6. The molecule has 4 atom stereocenters. The predicted molar refractivity (Wildman–Crippen MR) is 237 cm³/mol. The lowest BCUT2D eigenvalue weighted by atomic mass is 9.91. The van der Waals surface area contributed by atoms with Crippen molar-refractivity contribution >= 4 is 50.3 Å². The molecule has 0 bridgehead atoms. The molecule has 4 aromatic carbocycles. The Bertz CT molecular complexity index is 2490. The van der Waals surface area contributed by atoms with Gasteiger partial charge < -0.3 is 9.47 Å². The number of carbonyl (C=O) groups excluding carboxylic acids is 1. The molecule has 0 amide bonds. The lowest BCUT2D eigenvalue weighted by molar-refractivity contribution is -0.136. The van der Waals surface area contributed by atoms with E-state index in [1.54, 1.807) is 22.7 Å². The van der Waals surface area contributed by atoms with Crippen LogP contribution >= 0.6 is 22.7 Å². The molecule has 13 heteroatoms. The van der Waals surface area contributed by atoms with E-state index in [0.717, 1.165) is 118 Å². The minimum atomic E-state index is -0.569. The standard InChI is InChI=1S/C47H46N8O3S2/c56-45(41(27-57-31-15-3-1-4-16-31)54-25-13-11-23-39(54)37-29-59-46(48-37)43-33-19-7-9-21-35(33)50-52-43)42(28-58-32-17-5-2-6-18-32)55-26-14-12-24-40(55)38-30-60-47(49-38)44-34-20-8-10-22-36(34)51-53-44/h1-10,15-22,29-30,39-42H,11-14,23-28H2,(H,50,52)(H,51,53)/t39-,40-,41?,42?/m1/s1. The van der Waals surface area contributed by atoms with Crippen molar-refractivity contribution in [1.29, 1.82) is 0 Å². The molecule has 2 unspecified atom stereocenters. The van der Waals surface area contributed by atoms with Gasteiger partial charge in [0.15, 0.2) is 5.78 Å². The number of aromatic nitrogens is 6. The van der Waals surface area contributed by atoms with Crippen molar-refractivity contribution in [2.45, 2.75) is 62.7 Å². The van der Waals surface area contributed by atoms with E-state index in [1.165, 1.54) is 0 Å². The number of rotatable bonds is 14. The van der Waals surface area contributed by atoms with Crippen LogP contribution in [0.5, 0.6) is 11.5 Å². The third-order valence-corrected chi connectivity index (χ3v) is 13.7. The van der Waals surface area contributed by atoms with Crippen LogP contribution in [0.1, 0.15) is 62.0 Å². The van der Waals surface area contributed by atoms with Gasteiger partial charge in [0.1, 0.15) is 58.2 Å². The third kappa shape index (κ3) is 7.85. The van der Waals surface area contributed by atoms with Crippen LogP contribution in [0.3, 0.4) is 0 Å². The normalized spacial score (nSPS) is 18.7. The first-order chi connectivity index (χ1) is 29.7. The number of para-hydroxylation sites is 4. The number of nitrogens with zero attached hydrogens (tertiary/aromatic N) is 6. The summed E-state index contributed by atoms with van der Waals surface area (Å²) in [6.07, 6.45) is 5.83. The second kappa shape index (κ2) is 17.5. The molecule has 0 aliphatic carbocycles. The van der Waals surface area contributed by atoms with Crippen LogP contribution < -0.4 is 9.47 Å². The summed E-state index contributed by atoms with van der Waals surface area (Å²) in [5, 5.41) is 23.8. The maximum atomic E-state index is 15.8. The van der Waals surface area contributed by atoms with E-state index in [2.05, 4.69) is 53.1 Å². The Morgan fingerprint density at radius 3 is 1.50 bits per heavy atom. The average Bonchev–Trinajstić information content (AvgIpc) is 4.14. The quantitative estimate of drug-likeness (QED) is 0.110. The summed E-state index contributed by atoms with van der Waals surface area (Å²) in [4.78, 5) is 31.0. The number of likely N-dealkylation sites (tertiary alicyclic amines) is 2. The largest absolute Gasteiger partial charge is 0.491 e. The van der Waals surface area contributed by atoms with Gasteiger partial charge in [-0.2, -0.15) is 10.2 Å². The molecule has 2 fully saturated rings. The van der Waals surface area contributed by atoms with E-state index in [0.29, 0.717) is 0 Å². The minimum absolute atomic E-state index is 0.0695. The minimum Gasteiger partial charge on any atom is -0.491 e. The topological polar surface area (TPSA) is 125 Å². The molecule has 10 rings (SSSR count). The predicted octanol–water partition coefficient (Wildman–Crippen LogP) is 9.90. The number of Topliss-reactive ketones (excluding diaryl/α,β-unsaturated/α-hetero) is 1. The first-order valence-electron chi connectivity index (χ1n) is 20.9. The maximum Gasteiger partial charge on any atom is 0.174 e. The monoisotopic (exact) mass is 834 g/mol. The van der Waals surface area contributed by atoms with Crippen LogP contribution in [-0.4, -0.2) is 84.3 Å². The van der Waals surface area contributed by atoms with Crippen molar-refractivity contribution in [3.63, 3.8) is 0 Å².